The van der Waals surface area contributed by atoms with Crippen LogP contribution < -0.4 is 0 Å². The van der Waals surface area contributed by atoms with Gasteiger partial charge in [-0.25, -0.2) is 17.6 Å². The summed E-state index contributed by atoms with van der Waals surface area (Å²) in [5, 5.41) is 9.09. The highest BCUT2D eigenvalue weighted by Gasteiger charge is 2.35. The summed E-state index contributed by atoms with van der Waals surface area (Å²) in [6, 6.07) is 2.75. The summed E-state index contributed by atoms with van der Waals surface area (Å²) in [5.74, 6) is -2.17. The Bertz CT molecular complexity index is 660. The van der Waals surface area contributed by atoms with Crippen LogP contribution >= 0.6 is 0 Å². The van der Waals surface area contributed by atoms with Gasteiger partial charge in [-0.2, -0.15) is 4.31 Å². The molecule has 0 aromatic heterocycles. The fourth-order valence-corrected chi connectivity index (χ4v) is 4.06. The van der Waals surface area contributed by atoms with Crippen LogP contribution in [0.1, 0.15) is 16.8 Å². The monoisotopic (exact) mass is 316 g/mol. The van der Waals surface area contributed by atoms with E-state index in [0.29, 0.717) is 13.0 Å². The van der Waals surface area contributed by atoms with E-state index >= 15 is 0 Å². The molecule has 0 aliphatic carbocycles. The van der Waals surface area contributed by atoms with Crippen LogP contribution in [0.25, 0.3) is 0 Å². The van der Waals surface area contributed by atoms with E-state index in [4.69, 9.17) is 5.11 Å². The lowest BCUT2D eigenvalue weighted by atomic mass is 10.2. The molecular formula is C13H17FN2O4S. The molecule has 8 heteroatoms. The number of halogens is 1. The smallest absolute Gasteiger partial charge is 0.337 e. The standard InChI is InChI=1S/C13H17FN2O4S/c1-15(2)10-5-6-16(8-10)21(19,20)12-7-9(14)3-4-11(12)13(17)18/h3-4,7,10H,5-6,8H2,1-2H3,(H,17,18). The summed E-state index contributed by atoms with van der Waals surface area (Å²) in [7, 11) is -0.312. The zero-order valence-corrected chi connectivity index (χ0v) is 12.6. The Kier molecular flexibility index (Phi) is 4.31. The number of carbonyl (C=O) groups is 1. The summed E-state index contributed by atoms with van der Waals surface area (Å²) in [5.41, 5.74) is -0.412. The minimum absolute atomic E-state index is 0.0709. The first kappa shape index (κ1) is 15.9. The molecule has 1 fully saturated rings. The average Bonchev–Trinajstić information content (AvgIpc) is 2.88. The molecule has 0 amide bonds. The molecule has 0 saturated carbocycles. The van der Waals surface area contributed by atoms with Gasteiger partial charge in [0.1, 0.15) is 5.82 Å². The number of hydrogen-bond donors (Lipinski definition) is 1. The van der Waals surface area contributed by atoms with Crippen molar-refractivity contribution in [3.63, 3.8) is 0 Å². The van der Waals surface area contributed by atoms with Crippen LogP contribution in [0.15, 0.2) is 23.1 Å². The van der Waals surface area contributed by atoms with Gasteiger partial charge in [0.15, 0.2) is 0 Å². The number of carboxylic acid groups (broad SMARTS) is 1. The van der Waals surface area contributed by atoms with Crippen LogP contribution in [-0.4, -0.2) is 61.9 Å². The largest absolute Gasteiger partial charge is 0.478 e. The molecule has 21 heavy (non-hydrogen) atoms. The highest BCUT2D eigenvalue weighted by Crippen LogP contribution is 2.26. The molecule has 1 unspecified atom stereocenters. The van der Waals surface area contributed by atoms with Gasteiger partial charge in [-0.1, -0.05) is 0 Å². The third kappa shape index (κ3) is 3.07. The van der Waals surface area contributed by atoms with Crippen molar-refractivity contribution in [3.05, 3.63) is 29.6 Å². The van der Waals surface area contributed by atoms with E-state index in [2.05, 4.69) is 0 Å². The Morgan fingerprint density at radius 2 is 2.10 bits per heavy atom. The minimum atomic E-state index is -4.02. The number of rotatable bonds is 4. The SMILES string of the molecule is CN(C)C1CCN(S(=O)(=O)c2cc(F)ccc2C(=O)O)C1. The molecule has 1 aliphatic heterocycles. The summed E-state index contributed by atoms with van der Waals surface area (Å²) in [6.07, 6.45) is 0.657. The highest BCUT2D eigenvalue weighted by molar-refractivity contribution is 7.89. The first-order valence-electron chi connectivity index (χ1n) is 6.43. The van der Waals surface area contributed by atoms with Gasteiger partial charge < -0.3 is 10.0 Å². The molecule has 0 bridgehead atoms. The Hall–Kier alpha value is -1.51. The molecule has 1 aliphatic rings. The molecule has 0 spiro atoms. The number of sulfonamides is 1. The Balaban J connectivity index is 2.41. The summed E-state index contributed by atoms with van der Waals surface area (Å²) >= 11 is 0. The van der Waals surface area contributed by atoms with E-state index in [1.807, 2.05) is 19.0 Å². The summed E-state index contributed by atoms with van der Waals surface area (Å²) in [4.78, 5) is 12.6. The third-order valence-electron chi connectivity index (χ3n) is 3.65. The van der Waals surface area contributed by atoms with Gasteiger partial charge in [-0.3, -0.25) is 0 Å². The van der Waals surface area contributed by atoms with Crippen molar-refractivity contribution in [2.24, 2.45) is 0 Å². The van der Waals surface area contributed by atoms with Crippen molar-refractivity contribution in [2.75, 3.05) is 27.2 Å². The van der Waals surface area contributed by atoms with Crippen LogP contribution in [0.5, 0.6) is 0 Å². The van der Waals surface area contributed by atoms with Gasteiger partial charge in [0.25, 0.3) is 0 Å². The van der Waals surface area contributed by atoms with E-state index in [-0.39, 0.29) is 12.6 Å². The average molecular weight is 316 g/mol. The number of aromatic carboxylic acids is 1. The number of benzene rings is 1. The first-order chi connectivity index (χ1) is 9.73. The summed E-state index contributed by atoms with van der Waals surface area (Å²) < 4.78 is 39.7. The molecule has 1 heterocycles. The van der Waals surface area contributed by atoms with Gasteiger partial charge in [-0.05, 0) is 38.7 Å². The molecule has 1 N–H and O–H groups in total. The van der Waals surface area contributed by atoms with Crippen molar-refractivity contribution < 1.29 is 22.7 Å². The molecule has 1 aromatic rings. The van der Waals surface area contributed by atoms with Gasteiger partial charge in [0.2, 0.25) is 10.0 Å². The van der Waals surface area contributed by atoms with Crippen molar-refractivity contribution in [2.45, 2.75) is 17.4 Å². The fraction of sp³-hybridized carbons (Fsp3) is 0.462. The zero-order valence-electron chi connectivity index (χ0n) is 11.8. The van der Waals surface area contributed by atoms with Gasteiger partial charge in [0, 0.05) is 19.1 Å². The van der Waals surface area contributed by atoms with Crippen LogP contribution in [0.3, 0.4) is 0 Å². The number of hydrogen-bond acceptors (Lipinski definition) is 4. The Morgan fingerprint density at radius 1 is 1.43 bits per heavy atom. The van der Waals surface area contributed by atoms with Crippen molar-refractivity contribution in [3.8, 4) is 0 Å². The van der Waals surface area contributed by atoms with E-state index < -0.39 is 32.3 Å². The predicted octanol–water partition coefficient (Wildman–Crippen LogP) is 0.849. The molecule has 1 saturated heterocycles. The molecule has 2 rings (SSSR count). The van der Waals surface area contributed by atoms with Crippen LogP contribution in [-0.2, 0) is 10.0 Å². The van der Waals surface area contributed by atoms with Crippen molar-refractivity contribution >= 4 is 16.0 Å². The molecular weight excluding hydrogens is 299 g/mol. The molecule has 6 nitrogen and oxygen atoms in total. The molecule has 1 aromatic carbocycles. The van der Waals surface area contributed by atoms with Crippen molar-refractivity contribution in [1.82, 2.24) is 9.21 Å². The Morgan fingerprint density at radius 3 is 2.62 bits per heavy atom. The second kappa shape index (κ2) is 5.70. The molecule has 1 atom stereocenters. The predicted molar refractivity (Wildman–Crippen MR) is 74.2 cm³/mol. The minimum Gasteiger partial charge on any atom is -0.478 e. The van der Waals surface area contributed by atoms with Gasteiger partial charge in [0.05, 0.1) is 10.5 Å². The van der Waals surface area contributed by atoms with Crippen molar-refractivity contribution in [1.29, 1.82) is 0 Å². The van der Waals surface area contributed by atoms with E-state index in [9.17, 15) is 17.6 Å². The topological polar surface area (TPSA) is 77.9 Å². The number of likely N-dealkylation sites (N-methyl/N-ethyl adjacent to an activating group) is 1. The van der Waals surface area contributed by atoms with E-state index in [1.54, 1.807) is 0 Å². The molecule has 116 valence electrons. The second-order valence-electron chi connectivity index (χ2n) is 5.21. The fourth-order valence-electron chi connectivity index (χ4n) is 2.38. The lowest BCUT2D eigenvalue weighted by Crippen LogP contribution is -2.35. The first-order valence-corrected chi connectivity index (χ1v) is 7.87. The van der Waals surface area contributed by atoms with Crippen LogP contribution in [0.2, 0.25) is 0 Å². The number of carboxylic acids is 1. The zero-order chi connectivity index (χ0) is 15.8. The van der Waals surface area contributed by atoms with E-state index in [0.717, 1.165) is 18.2 Å². The maximum absolute atomic E-state index is 13.3. The second-order valence-corrected chi connectivity index (χ2v) is 7.12. The lowest BCUT2D eigenvalue weighted by Gasteiger charge is -2.21. The van der Waals surface area contributed by atoms with Crippen LogP contribution in [0, 0.1) is 5.82 Å². The Labute approximate surface area is 122 Å². The number of nitrogens with zero attached hydrogens (tertiary/aromatic N) is 2. The highest BCUT2D eigenvalue weighted by atomic mass is 32.2. The quantitative estimate of drug-likeness (QED) is 0.891. The van der Waals surface area contributed by atoms with Gasteiger partial charge >= 0.3 is 5.97 Å². The third-order valence-corrected chi connectivity index (χ3v) is 5.55. The lowest BCUT2D eigenvalue weighted by molar-refractivity contribution is 0.0692. The van der Waals surface area contributed by atoms with Crippen LogP contribution in [0.4, 0.5) is 4.39 Å². The normalized spacial score (nSPS) is 20.1. The summed E-state index contributed by atoms with van der Waals surface area (Å²) in [6.45, 7) is 0.561. The maximum Gasteiger partial charge on any atom is 0.337 e. The molecule has 0 radical (unpaired) electrons. The maximum atomic E-state index is 13.3. The van der Waals surface area contributed by atoms with E-state index in [1.165, 1.54) is 4.31 Å². The van der Waals surface area contributed by atoms with Gasteiger partial charge in [-0.15, -0.1) is 0 Å².